The van der Waals surface area contributed by atoms with Crippen LogP contribution in [0.3, 0.4) is 0 Å². The topological polar surface area (TPSA) is 87.7 Å². The third kappa shape index (κ3) is 6.20. The number of carboxylic acids is 1. The summed E-state index contributed by atoms with van der Waals surface area (Å²) >= 11 is 0. The van der Waals surface area contributed by atoms with Crippen molar-refractivity contribution < 1.29 is 19.4 Å². The van der Waals surface area contributed by atoms with Gasteiger partial charge >= 0.3 is 12.0 Å². The van der Waals surface area contributed by atoms with Crippen LogP contribution in [0.4, 0.5) is 4.79 Å². The van der Waals surface area contributed by atoms with E-state index in [2.05, 4.69) is 10.6 Å². The van der Waals surface area contributed by atoms with Gasteiger partial charge in [0.15, 0.2) is 0 Å². The van der Waals surface area contributed by atoms with Gasteiger partial charge in [-0.05, 0) is 37.7 Å². The highest BCUT2D eigenvalue weighted by Crippen LogP contribution is 2.21. The van der Waals surface area contributed by atoms with Gasteiger partial charge in [-0.3, -0.25) is 4.79 Å². The zero-order valence-electron chi connectivity index (χ0n) is 14.0. The van der Waals surface area contributed by atoms with Gasteiger partial charge in [0, 0.05) is 25.6 Å². The molecule has 0 spiro atoms. The average Bonchev–Trinajstić information content (AvgIpc) is 3.01. The minimum atomic E-state index is -0.853. The summed E-state index contributed by atoms with van der Waals surface area (Å²) in [5.74, 6) is -0.853. The number of benzene rings is 1. The summed E-state index contributed by atoms with van der Waals surface area (Å²) in [5, 5.41) is 14.8. The molecular weight excluding hydrogens is 308 g/mol. The molecule has 0 saturated heterocycles. The van der Waals surface area contributed by atoms with Crippen LogP contribution in [0.25, 0.3) is 0 Å². The van der Waals surface area contributed by atoms with Gasteiger partial charge in [-0.2, -0.15) is 0 Å². The lowest BCUT2D eigenvalue weighted by atomic mass is 10.0. The molecule has 1 aliphatic rings. The van der Waals surface area contributed by atoms with E-state index in [0.717, 1.165) is 24.8 Å². The van der Waals surface area contributed by atoms with Crippen molar-refractivity contribution in [3.63, 3.8) is 0 Å². The molecule has 3 atom stereocenters. The van der Waals surface area contributed by atoms with E-state index < -0.39 is 5.97 Å². The first-order chi connectivity index (χ1) is 11.6. The second-order valence-corrected chi connectivity index (χ2v) is 6.30. The van der Waals surface area contributed by atoms with Gasteiger partial charge in [-0.1, -0.05) is 30.3 Å². The van der Waals surface area contributed by atoms with Gasteiger partial charge in [0.1, 0.15) is 0 Å². The van der Waals surface area contributed by atoms with Gasteiger partial charge in [-0.15, -0.1) is 0 Å². The van der Waals surface area contributed by atoms with Crippen LogP contribution in [0, 0.1) is 0 Å². The van der Waals surface area contributed by atoms with E-state index in [1.54, 1.807) is 7.11 Å². The molecule has 3 unspecified atom stereocenters. The molecule has 2 rings (SSSR count). The van der Waals surface area contributed by atoms with E-state index in [0.29, 0.717) is 12.8 Å². The van der Waals surface area contributed by atoms with Crippen LogP contribution in [0.1, 0.15) is 37.7 Å². The van der Waals surface area contributed by atoms with Crippen molar-refractivity contribution in [3.05, 3.63) is 35.9 Å². The molecule has 3 N–H and O–H groups in total. The number of aliphatic carboxylic acids is 1. The Morgan fingerprint density at radius 2 is 2.04 bits per heavy atom. The van der Waals surface area contributed by atoms with E-state index >= 15 is 0 Å². The minimum absolute atomic E-state index is 0.0347. The summed E-state index contributed by atoms with van der Waals surface area (Å²) in [6, 6.07) is 9.45. The Bertz CT molecular complexity index is 535. The van der Waals surface area contributed by atoms with Crippen molar-refractivity contribution in [1.29, 1.82) is 0 Å². The van der Waals surface area contributed by atoms with Crippen LogP contribution in [-0.4, -0.2) is 42.4 Å². The van der Waals surface area contributed by atoms with Gasteiger partial charge in [0.25, 0.3) is 0 Å². The monoisotopic (exact) mass is 334 g/mol. The molecule has 0 heterocycles. The number of rotatable bonds is 8. The van der Waals surface area contributed by atoms with Crippen LogP contribution < -0.4 is 10.6 Å². The second kappa shape index (κ2) is 9.27. The van der Waals surface area contributed by atoms with Gasteiger partial charge < -0.3 is 20.5 Å². The number of carboxylic acid groups (broad SMARTS) is 1. The summed E-state index contributed by atoms with van der Waals surface area (Å²) in [5.41, 5.74) is 1.08. The molecule has 0 aromatic heterocycles. The zero-order valence-corrected chi connectivity index (χ0v) is 14.0. The smallest absolute Gasteiger partial charge is 0.315 e. The fourth-order valence-corrected chi connectivity index (χ4v) is 3.12. The third-order valence-corrected chi connectivity index (χ3v) is 4.42. The predicted octanol–water partition coefficient (Wildman–Crippen LogP) is 2.33. The van der Waals surface area contributed by atoms with Crippen LogP contribution in [0.2, 0.25) is 0 Å². The van der Waals surface area contributed by atoms with Crippen LogP contribution in [0.15, 0.2) is 30.3 Å². The SMILES string of the molecule is COC1CCC(NC(=O)NC(CCC(=O)O)Cc2ccccc2)C1. The molecule has 6 heteroatoms. The highest BCUT2D eigenvalue weighted by atomic mass is 16.5. The molecule has 1 fully saturated rings. The largest absolute Gasteiger partial charge is 0.481 e. The Morgan fingerprint density at radius 1 is 1.29 bits per heavy atom. The Labute approximate surface area is 142 Å². The maximum Gasteiger partial charge on any atom is 0.315 e. The quantitative estimate of drug-likeness (QED) is 0.681. The van der Waals surface area contributed by atoms with Crippen LogP contribution in [-0.2, 0) is 16.0 Å². The standard InChI is InChI=1S/C18H26N2O4/c1-24-16-9-7-15(12-16)20-18(23)19-14(8-10-17(21)22)11-13-5-3-2-4-6-13/h2-6,14-16H,7-12H2,1H3,(H,21,22)(H2,19,20,23). The Morgan fingerprint density at radius 3 is 2.67 bits per heavy atom. The number of carbonyl (C=O) groups is 2. The van der Waals surface area contributed by atoms with E-state index in [4.69, 9.17) is 9.84 Å². The third-order valence-electron chi connectivity index (χ3n) is 4.42. The Hall–Kier alpha value is -2.08. The minimum Gasteiger partial charge on any atom is -0.481 e. The second-order valence-electron chi connectivity index (χ2n) is 6.30. The number of carbonyl (C=O) groups excluding carboxylic acids is 1. The van der Waals surface area contributed by atoms with Crippen molar-refractivity contribution in [1.82, 2.24) is 10.6 Å². The van der Waals surface area contributed by atoms with Gasteiger partial charge in [0.2, 0.25) is 0 Å². The van der Waals surface area contributed by atoms with Gasteiger partial charge in [0.05, 0.1) is 6.10 Å². The van der Waals surface area contributed by atoms with Crippen molar-refractivity contribution >= 4 is 12.0 Å². The lowest BCUT2D eigenvalue weighted by Gasteiger charge is -2.21. The first-order valence-corrected chi connectivity index (χ1v) is 8.42. The van der Waals surface area contributed by atoms with Crippen molar-refractivity contribution in [2.24, 2.45) is 0 Å². The number of nitrogens with one attached hydrogen (secondary N) is 2. The fraction of sp³-hybridized carbons (Fsp3) is 0.556. The molecule has 24 heavy (non-hydrogen) atoms. The molecule has 132 valence electrons. The van der Waals surface area contributed by atoms with E-state index in [9.17, 15) is 9.59 Å². The summed E-state index contributed by atoms with van der Waals surface area (Å²) in [6.07, 6.45) is 3.95. The van der Waals surface area contributed by atoms with Crippen molar-refractivity contribution in [2.45, 2.75) is 56.7 Å². The maximum atomic E-state index is 12.2. The highest BCUT2D eigenvalue weighted by Gasteiger charge is 2.26. The Balaban J connectivity index is 1.86. The molecular formula is C18H26N2O4. The molecule has 0 radical (unpaired) electrons. The van der Waals surface area contributed by atoms with Crippen LogP contribution in [0.5, 0.6) is 0 Å². The first kappa shape index (κ1) is 18.3. The summed E-state index contributed by atoms with van der Waals surface area (Å²) < 4.78 is 5.31. The molecule has 6 nitrogen and oxygen atoms in total. The van der Waals surface area contributed by atoms with E-state index in [1.807, 2.05) is 30.3 Å². The molecule has 1 aromatic carbocycles. The molecule has 1 aromatic rings. The summed E-state index contributed by atoms with van der Waals surface area (Å²) in [7, 11) is 1.69. The lowest BCUT2D eigenvalue weighted by Crippen LogP contribution is -2.46. The molecule has 1 saturated carbocycles. The number of urea groups is 1. The number of amides is 2. The molecule has 1 aliphatic carbocycles. The van der Waals surface area contributed by atoms with Crippen molar-refractivity contribution in [3.8, 4) is 0 Å². The van der Waals surface area contributed by atoms with E-state index in [1.165, 1.54) is 0 Å². The number of hydrogen-bond acceptors (Lipinski definition) is 3. The highest BCUT2D eigenvalue weighted by molar-refractivity contribution is 5.74. The lowest BCUT2D eigenvalue weighted by molar-refractivity contribution is -0.137. The van der Waals surface area contributed by atoms with Crippen molar-refractivity contribution in [2.75, 3.05) is 7.11 Å². The van der Waals surface area contributed by atoms with Gasteiger partial charge in [-0.25, -0.2) is 4.79 Å². The molecule has 0 bridgehead atoms. The number of methoxy groups -OCH3 is 1. The zero-order chi connectivity index (χ0) is 17.4. The fourth-order valence-electron chi connectivity index (χ4n) is 3.12. The van der Waals surface area contributed by atoms with Crippen LogP contribution >= 0.6 is 0 Å². The predicted molar refractivity (Wildman–Crippen MR) is 90.9 cm³/mol. The molecule has 2 amide bonds. The summed E-state index contributed by atoms with van der Waals surface area (Å²) in [4.78, 5) is 23.1. The number of ether oxygens (including phenoxy) is 1. The average molecular weight is 334 g/mol. The maximum absolute atomic E-state index is 12.2. The van der Waals surface area contributed by atoms with E-state index in [-0.39, 0.29) is 30.6 Å². The Kier molecular flexibility index (Phi) is 7.06. The first-order valence-electron chi connectivity index (χ1n) is 8.42. The summed E-state index contributed by atoms with van der Waals surface area (Å²) in [6.45, 7) is 0. The number of hydrogen-bond donors (Lipinski definition) is 3. The molecule has 0 aliphatic heterocycles. The normalized spacial score (nSPS) is 21.2.